The molecule has 4 saturated carbocycles. The number of aliphatic imine (C=N–C) groups is 1. The van der Waals surface area contributed by atoms with Gasteiger partial charge in [0.2, 0.25) is 0 Å². The van der Waals surface area contributed by atoms with E-state index in [1.807, 2.05) is 12.3 Å². The summed E-state index contributed by atoms with van der Waals surface area (Å²) in [7, 11) is 11.6. The number of halogens is 2. The number of phenols is 1. The molecule has 0 aliphatic heterocycles. The summed E-state index contributed by atoms with van der Waals surface area (Å²) >= 11 is -0.826. The average molecular weight is 504 g/mol. The molecule has 4 bridgehead atoms. The van der Waals surface area contributed by atoms with Crippen LogP contribution >= 0.6 is 17.0 Å². The summed E-state index contributed by atoms with van der Waals surface area (Å²) in [4.78, 5) is 4.61. The second-order valence-corrected chi connectivity index (χ2v) is 13.5. The summed E-state index contributed by atoms with van der Waals surface area (Å²) < 4.78 is 5.57. The van der Waals surface area contributed by atoms with Gasteiger partial charge >= 0.3 is 37.9 Å². The van der Waals surface area contributed by atoms with Crippen LogP contribution in [0.5, 0.6) is 11.5 Å². The number of aromatic hydroxyl groups is 1. The molecule has 0 amide bonds. The summed E-state index contributed by atoms with van der Waals surface area (Å²) in [6.07, 6.45) is 9.73. The van der Waals surface area contributed by atoms with Crippen LogP contribution in [0.4, 0.5) is 0 Å². The molecule has 0 aromatic heterocycles. The van der Waals surface area contributed by atoms with Crippen LogP contribution in [0.25, 0.3) is 0 Å². The van der Waals surface area contributed by atoms with Crippen molar-refractivity contribution < 1.29 is 30.7 Å². The predicted molar refractivity (Wildman–Crippen MR) is 114 cm³/mol. The first-order valence-electron chi connectivity index (χ1n) is 10.1. The van der Waals surface area contributed by atoms with Crippen molar-refractivity contribution in [3.05, 3.63) is 23.3 Å². The van der Waals surface area contributed by atoms with Gasteiger partial charge in [0.15, 0.2) is 0 Å². The van der Waals surface area contributed by atoms with Gasteiger partial charge in [-0.1, -0.05) is 0 Å². The zero-order valence-corrected chi connectivity index (χ0v) is 21.2. The van der Waals surface area contributed by atoms with Gasteiger partial charge in [-0.15, -0.1) is 0 Å². The van der Waals surface area contributed by atoms with Gasteiger partial charge in [-0.3, -0.25) is 4.99 Å². The molecule has 0 unspecified atom stereocenters. The second kappa shape index (κ2) is 8.98. The van der Waals surface area contributed by atoms with E-state index in [0.29, 0.717) is 5.75 Å². The molecule has 0 heterocycles. The van der Waals surface area contributed by atoms with Crippen LogP contribution in [-0.4, -0.2) is 24.0 Å². The SMILES string of the molecule is COc1cc(C=NC(C)(C)C)c(O)c(C23CC4CC(CC(C4)C2)C3)c1.[Cl][Zr][Cl]. The van der Waals surface area contributed by atoms with E-state index in [4.69, 9.17) is 21.8 Å². The Morgan fingerprint density at radius 1 is 1.11 bits per heavy atom. The number of nitrogens with zero attached hydrogens (tertiary/aromatic N) is 1. The summed E-state index contributed by atoms with van der Waals surface area (Å²) in [5.41, 5.74) is 1.90. The van der Waals surface area contributed by atoms with Crippen molar-refractivity contribution in [2.45, 2.75) is 70.3 Å². The summed E-state index contributed by atoms with van der Waals surface area (Å²) in [6, 6.07) is 4.01. The van der Waals surface area contributed by atoms with Crippen molar-refractivity contribution in [2.24, 2.45) is 22.7 Å². The molecule has 1 aromatic rings. The van der Waals surface area contributed by atoms with Crippen LogP contribution in [0.1, 0.15) is 70.4 Å². The van der Waals surface area contributed by atoms with E-state index in [1.165, 1.54) is 38.5 Å². The Hall–Kier alpha value is -0.0469. The molecule has 0 radical (unpaired) electrons. The molecule has 4 aliphatic rings. The van der Waals surface area contributed by atoms with Crippen molar-refractivity contribution >= 4 is 23.2 Å². The molecular weight excluding hydrogens is 472 g/mol. The van der Waals surface area contributed by atoms with Crippen molar-refractivity contribution in [1.82, 2.24) is 0 Å². The number of methoxy groups -OCH3 is 1. The Morgan fingerprint density at radius 2 is 1.61 bits per heavy atom. The number of hydrogen-bond acceptors (Lipinski definition) is 3. The molecule has 4 aliphatic carbocycles. The van der Waals surface area contributed by atoms with Gasteiger partial charge in [-0.05, 0) is 94.6 Å². The van der Waals surface area contributed by atoms with E-state index in [1.54, 1.807) is 7.11 Å². The molecule has 0 atom stereocenters. The summed E-state index contributed by atoms with van der Waals surface area (Å²) in [5.74, 6) is 3.81. The second-order valence-electron chi connectivity index (χ2n) is 9.81. The Bertz CT molecular complexity index is 695. The zero-order chi connectivity index (χ0) is 20.5. The summed E-state index contributed by atoms with van der Waals surface area (Å²) in [5, 5.41) is 11.1. The van der Waals surface area contributed by atoms with E-state index in [-0.39, 0.29) is 11.0 Å². The van der Waals surface area contributed by atoms with Gasteiger partial charge in [0.25, 0.3) is 0 Å². The molecule has 3 nitrogen and oxygen atoms in total. The third-order valence-electron chi connectivity index (χ3n) is 6.55. The maximum atomic E-state index is 11.1. The van der Waals surface area contributed by atoms with Gasteiger partial charge in [-0.25, -0.2) is 0 Å². The molecule has 5 rings (SSSR count). The van der Waals surface area contributed by atoms with Crippen LogP contribution in [-0.2, 0) is 26.3 Å². The first kappa shape index (κ1) is 22.6. The van der Waals surface area contributed by atoms with Crippen molar-refractivity contribution in [3.63, 3.8) is 0 Å². The van der Waals surface area contributed by atoms with E-state index in [0.717, 1.165) is 34.6 Å². The minimum absolute atomic E-state index is 0.150. The fourth-order valence-electron chi connectivity index (χ4n) is 5.95. The van der Waals surface area contributed by atoms with Crippen molar-refractivity contribution in [2.75, 3.05) is 7.11 Å². The molecule has 154 valence electrons. The van der Waals surface area contributed by atoms with Crippen LogP contribution in [0.2, 0.25) is 0 Å². The zero-order valence-electron chi connectivity index (χ0n) is 17.3. The van der Waals surface area contributed by atoms with Crippen LogP contribution < -0.4 is 4.74 Å². The van der Waals surface area contributed by atoms with E-state index in [9.17, 15) is 5.11 Å². The molecule has 6 heteroatoms. The molecule has 0 saturated heterocycles. The fourth-order valence-corrected chi connectivity index (χ4v) is 5.95. The molecule has 1 N–H and O–H groups in total. The first-order valence-corrected chi connectivity index (χ1v) is 16.5. The van der Waals surface area contributed by atoms with Crippen LogP contribution in [0, 0.1) is 17.8 Å². The molecule has 4 fully saturated rings. The Kier molecular flexibility index (Phi) is 7.26. The molecule has 28 heavy (non-hydrogen) atoms. The van der Waals surface area contributed by atoms with Crippen molar-refractivity contribution in [1.29, 1.82) is 0 Å². The molecule has 0 spiro atoms. The van der Waals surface area contributed by atoms with Crippen LogP contribution in [0.3, 0.4) is 0 Å². The molecule has 1 aromatic carbocycles. The monoisotopic (exact) mass is 501 g/mol. The van der Waals surface area contributed by atoms with Gasteiger partial charge in [0.05, 0.1) is 12.6 Å². The Morgan fingerprint density at radius 3 is 2.04 bits per heavy atom. The summed E-state index contributed by atoms with van der Waals surface area (Å²) in [6.45, 7) is 6.21. The first-order chi connectivity index (χ1) is 13.2. The van der Waals surface area contributed by atoms with Gasteiger partial charge < -0.3 is 9.84 Å². The maximum absolute atomic E-state index is 11.1. The number of ether oxygens (including phenoxy) is 1. The topological polar surface area (TPSA) is 41.8 Å². The van der Waals surface area contributed by atoms with Gasteiger partial charge in [0, 0.05) is 17.3 Å². The standard InChI is InChI=1S/C22H31NO2.2ClH.Zr/c1-21(2,3)23-13-17-8-18(25-4)9-19(20(17)24)22-10-14-5-15(11-22)7-16(6-14)12-22;;;/h8-9,13-16,24H,5-7,10-12H2,1-4H3;2*1H;/q;;;+2/p-2. The van der Waals surface area contributed by atoms with E-state index >= 15 is 0 Å². The van der Waals surface area contributed by atoms with Crippen LogP contribution in [0.15, 0.2) is 17.1 Å². The fraction of sp³-hybridized carbons (Fsp3) is 0.682. The van der Waals surface area contributed by atoms with E-state index < -0.39 is 20.8 Å². The minimum atomic E-state index is -0.826. The van der Waals surface area contributed by atoms with Gasteiger partial charge in [-0.2, -0.15) is 0 Å². The molecular formula is C22H31Cl2NO2Zr. The number of rotatable bonds is 3. The third-order valence-corrected chi connectivity index (χ3v) is 6.55. The average Bonchev–Trinajstić information content (AvgIpc) is 2.59. The Balaban J connectivity index is 0.000000706. The number of hydrogen-bond donors (Lipinski definition) is 1. The van der Waals surface area contributed by atoms with Gasteiger partial charge in [0.1, 0.15) is 11.5 Å². The Labute approximate surface area is 187 Å². The quantitative estimate of drug-likeness (QED) is 0.481. The number of phenolic OH excluding ortho intramolecular Hbond substituents is 1. The number of benzene rings is 1. The van der Waals surface area contributed by atoms with E-state index in [2.05, 4.69) is 31.8 Å². The van der Waals surface area contributed by atoms with Crippen molar-refractivity contribution in [3.8, 4) is 11.5 Å². The normalized spacial score (nSPS) is 30.9. The third kappa shape index (κ3) is 4.98. The predicted octanol–water partition coefficient (Wildman–Crippen LogP) is 6.46.